The Labute approximate surface area is 114 Å². The summed E-state index contributed by atoms with van der Waals surface area (Å²) >= 11 is 0. The highest BCUT2D eigenvalue weighted by atomic mass is 16.1. The summed E-state index contributed by atoms with van der Waals surface area (Å²) in [5.74, 6) is 1.91. The third-order valence-electron chi connectivity index (χ3n) is 2.61. The summed E-state index contributed by atoms with van der Waals surface area (Å²) in [5.41, 5.74) is 0.622. The van der Waals surface area contributed by atoms with Gasteiger partial charge in [0.2, 0.25) is 18.2 Å². The maximum Gasteiger partial charge on any atom is 0.231 e. The Kier molecular flexibility index (Phi) is 16.7. The van der Waals surface area contributed by atoms with E-state index >= 15 is 0 Å². The van der Waals surface area contributed by atoms with Crippen molar-refractivity contribution in [3.63, 3.8) is 0 Å². The Bertz CT molecular complexity index is 281. The number of hydrogen-bond donors (Lipinski definition) is 3. The summed E-state index contributed by atoms with van der Waals surface area (Å²) in [4.78, 5) is 25.0. The lowest BCUT2D eigenvalue weighted by Crippen LogP contribution is -2.25. The van der Waals surface area contributed by atoms with Crippen molar-refractivity contribution in [2.24, 2.45) is 17.3 Å². The van der Waals surface area contributed by atoms with Gasteiger partial charge in [0.05, 0.1) is 0 Å². The second-order valence-corrected chi connectivity index (χ2v) is 5.32. The molecule has 6 heteroatoms. The number of carbonyl (C=O) groups excluding carboxylic acids is 3. The van der Waals surface area contributed by atoms with Crippen LogP contribution in [0.2, 0.25) is 0 Å². The van der Waals surface area contributed by atoms with Gasteiger partial charge in [0, 0.05) is 0 Å². The molecule has 0 radical (unpaired) electrons. The Balaban J connectivity index is -0.000000238. The molecule has 0 aromatic carbocycles. The van der Waals surface area contributed by atoms with Gasteiger partial charge in [0.25, 0.3) is 0 Å². The lowest BCUT2D eigenvalue weighted by Gasteiger charge is -2.37. The van der Waals surface area contributed by atoms with Gasteiger partial charge in [-0.2, -0.15) is 0 Å². The van der Waals surface area contributed by atoms with E-state index in [-0.39, 0.29) is 0 Å². The molecule has 108 valence electrons. The van der Waals surface area contributed by atoms with Crippen LogP contribution >= 0.6 is 0 Å². The number of rotatable bonds is 0. The van der Waals surface area contributed by atoms with Crippen molar-refractivity contribution in [1.29, 1.82) is 16.2 Å². The van der Waals surface area contributed by atoms with Gasteiger partial charge in [-0.05, 0) is 36.5 Å². The molecule has 0 spiro atoms. The topological polar surface area (TPSA) is 123 Å². The maximum absolute atomic E-state index is 8.35. The molecule has 0 aliphatic heterocycles. The fraction of sp³-hybridized carbons (Fsp3) is 0.769. The molecule has 19 heavy (non-hydrogen) atoms. The quantitative estimate of drug-likeness (QED) is 0.462. The molecule has 1 fully saturated rings. The second-order valence-electron chi connectivity index (χ2n) is 5.32. The summed E-state index contributed by atoms with van der Waals surface area (Å²) in [7, 11) is 0. The Hall–Kier alpha value is -1.86. The third kappa shape index (κ3) is 21.9. The first-order valence-corrected chi connectivity index (χ1v) is 5.86. The van der Waals surface area contributed by atoms with Gasteiger partial charge >= 0.3 is 0 Å². The summed E-state index contributed by atoms with van der Waals surface area (Å²) in [5, 5.41) is 16.2. The first-order valence-electron chi connectivity index (χ1n) is 5.86. The molecule has 2 unspecified atom stereocenters. The fourth-order valence-electron chi connectivity index (χ4n) is 2.82. The highest BCUT2D eigenvalue weighted by molar-refractivity contribution is 5.26. The van der Waals surface area contributed by atoms with Crippen LogP contribution in [0.25, 0.3) is 0 Å². The molecule has 0 aromatic rings. The zero-order valence-electron chi connectivity index (χ0n) is 12.0. The summed E-state index contributed by atoms with van der Waals surface area (Å²) in [6.07, 6.45) is 6.55. The van der Waals surface area contributed by atoms with Gasteiger partial charge in [-0.3, -0.25) is 0 Å². The Morgan fingerprint density at radius 2 is 1.05 bits per heavy atom. The second kappa shape index (κ2) is 14.2. The average molecular weight is 269 g/mol. The summed E-state index contributed by atoms with van der Waals surface area (Å²) < 4.78 is 0. The van der Waals surface area contributed by atoms with Crippen molar-refractivity contribution in [1.82, 2.24) is 0 Å². The molecule has 1 aliphatic carbocycles. The first-order chi connectivity index (χ1) is 8.74. The van der Waals surface area contributed by atoms with Gasteiger partial charge in [-0.15, -0.1) is 0 Å². The summed E-state index contributed by atoms with van der Waals surface area (Å²) in [6.45, 7) is 9.58. The van der Waals surface area contributed by atoms with Crippen LogP contribution in [0, 0.1) is 33.5 Å². The third-order valence-corrected chi connectivity index (χ3v) is 2.61. The van der Waals surface area contributed by atoms with E-state index in [1.165, 1.54) is 19.3 Å². The van der Waals surface area contributed by atoms with E-state index in [9.17, 15) is 0 Å². The van der Waals surface area contributed by atoms with Crippen LogP contribution in [-0.4, -0.2) is 18.2 Å². The van der Waals surface area contributed by atoms with Crippen LogP contribution in [0.4, 0.5) is 0 Å². The molecule has 6 nitrogen and oxygen atoms in total. The van der Waals surface area contributed by atoms with Crippen LogP contribution in [0.3, 0.4) is 0 Å². The first kappa shape index (κ1) is 22.3. The predicted molar refractivity (Wildman–Crippen MR) is 71.2 cm³/mol. The lowest BCUT2D eigenvalue weighted by atomic mass is 9.69. The Morgan fingerprint density at radius 3 is 1.21 bits per heavy atom. The van der Waals surface area contributed by atoms with Crippen molar-refractivity contribution in [2.75, 3.05) is 0 Å². The van der Waals surface area contributed by atoms with Gasteiger partial charge in [0.1, 0.15) is 0 Å². The molecule has 1 aliphatic rings. The number of hydrogen-bond acceptors (Lipinski definition) is 6. The molecule has 0 saturated heterocycles. The fourth-order valence-corrected chi connectivity index (χ4v) is 2.82. The smallest absolute Gasteiger partial charge is 0.222 e. The average Bonchev–Trinajstić information content (AvgIpc) is 2.16. The lowest BCUT2D eigenvalue weighted by molar-refractivity contribution is 0.143. The zero-order chi connectivity index (χ0) is 15.9. The minimum Gasteiger partial charge on any atom is -0.222 e. The summed E-state index contributed by atoms with van der Waals surface area (Å²) in [6, 6.07) is 0. The van der Waals surface area contributed by atoms with Crippen LogP contribution in [0.5, 0.6) is 0 Å². The molecular weight excluding hydrogens is 246 g/mol. The van der Waals surface area contributed by atoms with E-state index in [0.717, 1.165) is 30.1 Å². The largest absolute Gasteiger partial charge is 0.231 e. The van der Waals surface area contributed by atoms with Crippen molar-refractivity contribution in [3.05, 3.63) is 0 Å². The molecule has 1 saturated carbocycles. The molecule has 2 atom stereocenters. The van der Waals surface area contributed by atoms with E-state index in [4.69, 9.17) is 30.6 Å². The van der Waals surface area contributed by atoms with Crippen molar-refractivity contribution < 1.29 is 14.4 Å². The molecular formula is C13H23N3O3. The number of nitrogens with one attached hydrogen (secondary N) is 3. The zero-order valence-corrected chi connectivity index (χ0v) is 12.0. The van der Waals surface area contributed by atoms with Gasteiger partial charge in [0.15, 0.2) is 0 Å². The van der Waals surface area contributed by atoms with Crippen molar-refractivity contribution in [3.8, 4) is 0 Å². The molecule has 0 aromatic heterocycles. The highest BCUT2D eigenvalue weighted by Crippen LogP contribution is 2.41. The van der Waals surface area contributed by atoms with Crippen molar-refractivity contribution >= 4 is 18.2 Å². The van der Waals surface area contributed by atoms with Crippen LogP contribution in [-0.2, 0) is 14.4 Å². The van der Waals surface area contributed by atoms with E-state index in [1.807, 2.05) is 0 Å². The van der Waals surface area contributed by atoms with Gasteiger partial charge in [-0.25, -0.2) is 30.6 Å². The minimum absolute atomic E-state index is 0.622. The molecule has 0 heterocycles. The van der Waals surface area contributed by atoms with Crippen LogP contribution in [0.15, 0.2) is 0 Å². The monoisotopic (exact) mass is 269 g/mol. The number of isocyanates is 3. The molecule has 3 N–H and O–H groups in total. The molecule has 0 bridgehead atoms. The van der Waals surface area contributed by atoms with E-state index in [1.54, 1.807) is 0 Å². The van der Waals surface area contributed by atoms with Gasteiger partial charge < -0.3 is 0 Å². The predicted octanol–water partition coefficient (Wildman–Crippen LogP) is 3.17. The SMILES string of the molecule is CC1CC(C)CC(C)(C)C1.N=C=O.N=C=O.N=C=O. The van der Waals surface area contributed by atoms with Crippen LogP contribution < -0.4 is 0 Å². The minimum atomic E-state index is 0.622. The van der Waals surface area contributed by atoms with Gasteiger partial charge in [-0.1, -0.05) is 27.7 Å². The normalized spacial score (nSPS) is 22.1. The standard InChI is InChI=1S/C10H20.3CHNO/c1-8-5-9(2)7-10(3,4)6-8;3*2-1-3/h8-9H,5-7H2,1-4H3;3*2H. The van der Waals surface area contributed by atoms with E-state index in [0.29, 0.717) is 5.41 Å². The maximum atomic E-state index is 8.35. The Morgan fingerprint density at radius 1 is 0.842 bits per heavy atom. The van der Waals surface area contributed by atoms with Crippen molar-refractivity contribution in [2.45, 2.75) is 47.0 Å². The highest BCUT2D eigenvalue weighted by Gasteiger charge is 2.29. The molecule has 1 rings (SSSR count). The molecule has 0 amide bonds. The van der Waals surface area contributed by atoms with E-state index < -0.39 is 0 Å². The van der Waals surface area contributed by atoms with Crippen LogP contribution in [0.1, 0.15) is 47.0 Å². The van der Waals surface area contributed by atoms with E-state index in [2.05, 4.69) is 27.7 Å².